The zero-order valence-electron chi connectivity index (χ0n) is 10.4. The molecule has 0 aliphatic rings. The first-order valence-electron chi connectivity index (χ1n) is 5.56. The first-order valence-corrected chi connectivity index (χ1v) is 5.56. The molecule has 0 radical (unpaired) electrons. The molecular weight excluding hydrogens is 245 g/mol. The highest BCUT2D eigenvalue weighted by Gasteiger charge is 2.30. The van der Waals surface area contributed by atoms with E-state index in [2.05, 4.69) is 0 Å². The maximum atomic E-state index is 12.4. The number of rotatable bonds is 3. The summed E-state index contributed by atoms with van der Waals surface area (Å²) in [7, 11) is 0. The Bertz CT molecular complexity index is 409. The van der Waals surface area contributed by atoms with Gasteiger partial charge in [-0.15, -0.1) is 0 Å². The molecule has 0 bridgehead atoms. The van der Waals surface area contributed by atoms with Crippen LogP contribution in [0.2, 0.25) is 0 Å². The lowest BCUT2D eigenvalue weighted by Gasteiger charge is -2.20. The minimum absolute atomic E-state index is 0.156. The average molecular weight is 260 g/mol. The van der Waals surface area contributed by atoms with Crippen LogP contribution in [0, 0.1) is 0 Å². The number of hydrogen-bond donors (Lipinski definition) is 0. The smallest absolute Gasteiger partial charge is 0.416 e. The third-order valence-corrected chi connectivity index (χ3v) is 2.82. The molecule has 5 heteroatoms. The van der Waals surface area contributed by atoms with Gasteiger partial charge < -0.3 is 4.74 Å². The highest BCUT2D eigenvalue weighted by molar-refractivity contribution is 5.66. The summed E-state index contributed by atoms with van der Waals surface area (Å²) in [5, 5.41) is 0. The zero-order valence-corrected chi connectivity index (χ0v) is 10.4. The summed E-state index contributed by atoms with van der Waals surface area (Å²) < 4.78 is 42.1. The van der Waals surface area contributed by atoms with E-state index < -0.39 is 17.7 Å². The van der Waals surface area contributed by atoms with Gasteiger partial charge in [0.25, 0.3) is 0 Å². The molecule has 0 saturated heterocycles. The van der Waals surface area contributed by atoms with E-state index in [1.807, 2.05) is 0 Å². The summed E-state index contributed by atoms with van der Waals surface area (Å²) in [5.41, 5.74) is 0.0235. The van der Waals surface area contributed by atoms with Crippen LogP contribution in [0.4, 0.5) is 13.2 Å². The topological polar surface area (TPSA) is 26.3 Å². The summed E-state index contributed by atoms with van der Waals surface area (Å²) in [6, 6.07) is 4.89. The Morgan fingerprint density at radius 3 is 2.06 bits per heavy atom. The second kappa shape index (κ2) is 5.42. The molecule has 18 heavy (non-hydrogen) atoms. The minimum Gasteiger partial charge on any atom is -0.462 e. The molecule has 1 aromatic rings. The highest BCUT2D eigenvalue weighted by atomic mass is 19.4. The van der Waals surface area contributed by atoms with E-state index in [-0.39, 0.29) is 12.0 Å². The number of esters is 1. The van der Waals surface area contributed by atoms with E-state index in [1.165, 1.54) is 19.1 Å². The summed E-state index contributed by atoms with van der Waals surface area (Å²) in [4.78, 5) is 10.8. The molecule has 0 unspecified atom stereocenters. The Balaban J connectivity index is 2.82. The molecule has 0 amide bonds. The van der Waals surface area contributed by atoms with Gasteiger partial charge in [0, 0.05) is 12.8 Å². The number of ether oxygens (including phenoxy) is 1. The van der Waals surface area contributed by atoms with Gasteiger partial charge in [-0.1, -0.05) is 19.1 Å². The summed E-state index contributed by atoms with van der Waals surface area (Å²) in [6.07, 6.45) is -4.71. The fraction of sp³-hybridized carbons (Fsp3) is 0.462. The van der Waals surface area contributed by atoms with E-state index in [0.29, 0.717) is 5.56 Å². The van der Waals surface area contributed by atoms with Crippen LogP contribution >= 0.6 is 0 Å². The lowest BCUT2D eigenvalue weighted by Crippen LogP contribution is -2.19. The van der Waals surface area contributed by atoms with E-state index in [4.69, 9.17) is 4.74 Å². The molecule has 0 N–H and O–H groups in total. The molecule has 2 nitrogen and oxygen atoms in total. The lowest BCUT2D eigenvalue weighted by atomic mass is 9.95. The highest BCUT2D eigenvalue weighted by Crippen LogP contribution is 2.30. The van der Waals surface area contributed by atoms with Gasteiger partial charge in [0.1, 0.15) is 6.10 Å². The van der Waals surface area contributed by atoms with Gasteiger partial charge >= 0.3 is 12.1 Å². The van der Waals surface area contributed by atoms with Crippen LogP contribution in [0.25, 0.3) is 0 Å². The average Bonchev–Trinajstić information content (AvgIpc) is 2.26. The lowest BCUT2D eigenvalue weighted by molar-refractivity contribution is -0.146. The molecule has 0 aromatic heterocycles. The molecular formula is C13H15F3O2. The monoisotopic (exact) mass is 260 g/mol. The SMILES string of the molecule is CC(=O)O[C@H](C)[C@@H](C)c1ccc(C(F)(F)F)cc1. The Morgan fingerprint density at radius 2 is 1.67 bits per heavy atom. The van der Waals surface area contributed by atoms with Gasteiger partial charge in [-0.05, 0) is 24.6 Å². The maximum Gasteiger partial charge on any atom is 0.416 e. The van der Waals surface area contributed by atoms with Gasteiger partial charge in [0.2, 0.25) is 0 Å². The maximum absolute atomic E-state index is 12.4. The van der Waals surface area contributed by atoms with Crippen molar-refractivity contribution in [2.75, 3.05) is 0 Å². The fourth-order valence-corrected chi connectivity index (χ4v) is 1.61. The molecule has 0 aliphatic heterocycles. The molecule has 0 aliphatic carbocycles. The normalized spacial score (nSPS) is 15.0. The molecule has 1 aromatic carbocycles. The van der Waals surface area contributed by atoms with Crippen molar-refractivity contribution in [2.45, 2.75) is 39.0 Å². The predicted octanol–water partition coefficient (Wildman–Crippen LogP) is 3.76. The molecule has 100 valence electrons. The van der Waals surface area contributed by atoms with E-state index >= 15 is 0 Å². The van der Waals surface area contributed by atoms with Crippen LogP contribution in [0.1, 0.15) is 37.8 Å². The quantitative estimate of drug-likeness (QED) is 0.773. The number of halogens is 3. The summed E-state index contributed by atoms with van der Waals surface area (Å²) in [6.45, 7) is 4.82. The number of carbonyl (C=O) groups excluding carboxylic acids is 1. The van der Waals surface area contributed by atoms with Crippen molar-refractivity contribution in [3.05, 3.63) is 35.4 Å². The first kappa shape index (κ1) is 14.5. The molecule has 0 heterocycles. The molecule has 0 fully saturated rings. The molecule has 2 atom stereocenters. The van der Waals surface area contributed by atoms with Crippen molar-refractivity contribution < 1.29 is 22.7 Å². The van der Waals surface area contributed by atoms with Crippen molar-refractivity contribution >= 4 is 5.97 Å². The number of alkyl halides is 3. The summed E-state index contributed by atoms with van der Waals surface area (Å²) >= 11 is 0. The standard InChI is InChI=1S/C13H15F3O2/c1-8(9(2)18-10(3)17)11-4-6-12(7-5-11)13(14,15)16/h4-9H,1-3H3/t8-,9-/m1/s1. The van der Waals surface area contributed by atoms with Crippen LogP contribution in [0.5, 0.6) is 0 Å². The van der Waals surface area contributed by atoms with Crippen LogP contribution in [-0.4, -0.2) is 12.1 Å². The molecule has 0 saturated carbocycles. The van der Waals surface area contributed by atoms with Gasteiger partial charge in [-0.3, -0.25) is 4.79 Å². The number of carbonyl (C=O) groups is 1. The van der Waals surface area contributed by atoms with Crippen LogP contribution in [0.15, 0.2) is 24.3 Å². The Labute approximate surface area is 104 Å². The van der Waals surface area contributed by atoms with Crippen molar-refractivity contribution in [2.24, 2.45) is 0 Å². The Hall–Kier alpha value is -1.52. The van der Waals surface area contributed by atoms with Gasteiger partial charge in [-0.2, -0.15) is 13.2 Å². The Morgan fingerprint density at radius 1 is 1.17 bits per heavy atom. The minimum atomic E-state index is -4.33. The zero-order chi connectivity index (χ0) is 13.9. The van der Waals surface area contributed by atoms with E-state index in [9.17, 15) is 18.0 Å². The molecule has 1 rings (SSSR count). The van der Waals surface area contributed by atoms with Crippen molar-refractivity contribution in [3.8, 4) is 0 Å². The van der Waals surface area contributed by atoms with Crippen molar-refractivity contribution in [3.63, 3.8) is 0 Å². The van der Waals surface area contributed by atoms with Crippen molar-refractivity contribution in [1.29, 1.82) is 0 Å². The second-order valence-electron chi connectivity index (χ2n) is 4.22. The number of benzene rings is 1. The van der Waals surface area contributed by atoms with Crippen LogP contribution in [-0.2, 0) is 15.7 Å². The number of hydrogen-bond acceptors (Lipinski definition) is 2. The van der Waals surface area contributed by atoms with Crippen LogP contribution in [0.3, 0.4) is 0 Å². The summed E-state index contributed by atoms with van der Waals surface area (Å²) in [5.74, 6) is -0.558. The van der Waals surface area contributed by atoms with E-state index in [1.54, 1.807) is 13.8 Å². The predicted molar refractivity (Wildman–Crippen MR) is 61.1 cm³/mol. The first-order chi connectivity index (χ1) is 8.21. The van der Waals surface area contributed by atoms with Gasteiger partial charge in [0.05, 0.1) is 5.56 Å². The third-order valence-electron chi connectivity index (χ3n) is 2.82. The fourth-order valence-electron chi connectivity index (χ4n) is 1.61. The largest absolute Gasteiger partial charge is 0.462 e. The third kappa shape index (κ3) is 3.75. The molecule has 0 spiro atoms. The van der Waals surface area contributed by atoms with Crippen molar-refractivity contribution in [1.82, 2.24) is 0 Å². The Kier molecular flexibility index (Phi) is 4.38. The van der Waals surface area contributed by atoms with Gasteiger partial charge in [0.15, 0.2) is 0 Å². The van der Waals surface area contributed by atoms with E-state index in [0.717, 1.165) is 12.1 Å². The van der Waals surface area contributed by atoms with Gasteiger partial charge in [-0.25, -0.2) is 0 Å². The second-order valence-corrected chi connectivity index (χ2v) is 4.22. The van der Waals surface area contributed by atoms with Crippen LogP contribution < -0.4 is 0 Å².